The number of aromatic nitrogens is 1. The molecule has 0 spiro atoms. The van der Waals surface area contributed by atoms with Crippen LogP contribution in [0.3, 0.4) is 0 Å². The number of methoxy groups -OCH3 is 1. The molecule has 0 bridgehead atoms. The van der Waals surface area contributed by atoms with Crippen LogP contribution in [-0.2, 0) is 19.1 Å². The van der Waals surface area contributed by atoms with Gasteiger partial charge in [-0.3, -0.25) is 9.36 Å². The molecule has 0 saturated carbocycles. The number of allylic oxidation sites excluding steroid dienone is 1. The first kappa shape index (κ1) is 31.0. The van der Waals surface area contributed by atoms with Crippen molar-refractivity contribution >= 4 is 45.3 Å². The quantitative estimate of drug-likeness (QED) is 0.285. The van der Waals surface area contributed by atoms with Crippen molar-refractivity contribution in [3.8, 4) is 17.2 Å². The molecule has 222 valence electrons. The molecule has 1 aliphatic heterocycles. The lowest BCUT2D eigenvalue weighted by molar-refractivity contribution is -0.145. The molecule has 0 saturated heterocycles. The molecule has 1 aliphatic rings. The van der Waals surface area contributed by atoms with Gasteiger partial charge in [0.2, 0.25) is 0 Å². The van der Waals surface area contributed by atoms with Crippen LogP contribution >= 0.6 is 27.3 Å². The Hall–Kier alpha value is -3.90. The van der Waals surface area contributed by atoms with Gasteiger partial charge in [0.1, 0.15) is 5.75 Å². The van der Waals surface area contributed by atoms with Crippen molar-refractivity contribution in [1.29, 1.82) is 0 Å². The van der Waals surface area contributed by atoms with Gasteiger partial charge in [-0.15, -0.1) is 0 Å². The Labute approximate surface area is 255 Å². The lowest BCUT2D eigenvalue weighted by Crippen LogP contribution is -2.40. The van der Waals surface area contributed by atoms with Gasteiger partial charge in [0, 0.05) is 10.0 Å². The smallest absolute Gasteiger partial charge is 0.344 e. The normalized spacial score (nSPS) is 14.6. The van der Waals surface area contributed by atoms with Crippen LogP contribution in [0.1, 0.15) is 44.9 Å². The highest BCUT2D eigenvalue weighted by molar-refractivity contribution is 9.10. The summed E-state index contributed by atoms with van der Waals surface area (Å²) in [5.41, 5.74) is 1.50. The zero-order valence-electron chi connectivity index (χ0n) is 23.9. The minimum Gasteiger partial charge on any atom is -0.493 e. The predicted octanol–water partition coefficient (Wildman–Crippen LogP) is 3.91. The predicted molar refractivity (Wildman–Crippen MR) is 161 cm³/mol. The van der Waals surface area contributed by atoms with Gasteiger partial charge in [0.25, 0.3) is 5.56 Å². The molecule has 0 N–H and O–H groups in total. The van der Waals surface area contributed by atoms with Crippen LogP contribution in [0, 0.1) is 0 Å². The highest BCUT2D eigenvalue weighted by atomic mass is 79.9. The Morgan fingerprint density at radius 2 is 1.76 bits per heavy atom. The Kier molecular flexibility index (Phi) is 10.2. The fraction of sp³-hybridized carbons (Fsp3) is 0.333. The van der Waals surface area contributed by atoms with Crippen molar-refractivity contribution in [3.63, 3.8) is 0 Å². The molecule has 0 amide bonds. The van der Waals surface area contributed by atoms with Crippen LogP contribution in [-0.4, -0.2) is 50.0 Å². The van der Waals surface area contributed by atoms with Gasteiger partial charge in [-0.25, -0.2) is 14.6 Å². The van der Waals surface area contributed by atoms with Gasteiger partial charge in [0.15, 0.2) is 22.9 Å². The van der Waals surface area contributed by atoms with E-state index in [1.807, 2.05) is 6.92 Å². The van der Waals surface area contributed by atoms with Crippen molar-refractivity contribution in [2.24, 2.45) is 4.99 Å². The van der Waals surface area contributed by atoms with E-state index >= 15 is 0 Å². The fourth-order valence-corrected chi connectivity index (χ4v) is 6.06. The number of benzene rings is 2. The summed E-state index contributed by atoms with van der Waals surface area (Å²) in [7, 11) is 1.52. The van der Waals surface area contributed by atoms with E-state index in [9.17, 15) is 14.4 Å². The Bertz CT molecular complexity index is 1710. The first-order valence-electron chi connectivity index (χ1n) is 13.3. The number of fused-ring (bicyclic) bond motifs is 1. The Morgan fingerprint density at radius 3 is 2.45 bits per heavy atom. The maximum absolute atomic E-state index is 14.1. The Balaban J connectivity index is 1.91. The third-order valence-corrected chi connectivity index (χ3v) is 7.92. The number of rotatable bonds is 11. The number of hydrogen-bond donors (Lipinski definition) is 0. The SMILES string of the molecule is CCOC(=O)COc1ccccc1/C=c1/sc2n(c1=O)[C@@H](c1cc(OC)c(OCC)cc1Br)C(C(=O)OCC)=C(C)N=2. The topological polar surface area (TPSA) is 115 Å². The molecule has 0 unspecified atom stereocenters. The van der Waals surface area contributed by atoms with Crippen LogP contribution in [0.25, 0.3) is 6.08 Å². The van der Waals surface area contributed by atoms with Gasteiger partial charge in [0.05, 0.1) is 48.8 Å². The van der Waals surface area contributed by atoms with Crippen LogP contribution in [0.5, 0.6) is 17.2 Å². The number of ether oxygens (including phenoxy) is 5. The molecule has 3 aromatic rings. The van der Waals surface area contributed by atoms with Crippen LogP contribution in [0.4, 0.5) is 0 Å². The minimum absolute atomic E-state index is 0.156. The van der Waals surface area contributed by atoms with E-state index in [2.05, 4.69) is 20.9 Å². The molecule has 42 heavy (non-hydrogen) atoms. The number of carbonyl (C=O) groups excluding carboxylic acids is 2. The van der Waals surface area contributed by atoms with E-state index in [1.54, 1.807) is 63.2 Å². The lowest BCUT2D eigenvalue weighted by Gasteiger charge is -2.26. The molecule has 10 nitrogen and oxygen atoms in total. The molecule has 2 aromatic carbocycles. The molecule has 1 atom stereocenters. The van der Waals surface area contributed by atoms with E-state index < -0.39 is 18.0 Å². The largest absolute Gasteiger partial charge is 0.493 e. The van der Waals surface area contributed by atoms with Gasteiger partial charge in [-0.2, -0.15) is 0 Å². The number of carbonyl (C=O) groups is 2. The first-order valence-corrected chi connectivity index (χ1v) is 14.9. The zero-order chi connectivity index (χ0) is 30.4. The molecular formula is C30H31BrN2O8S. The third-order valence-electron chi connectivity index (χ3n) is 6.25. The summed E-state index contributed by atoms with van der Waals surface area (Å²) >= 11 is 4.80. The van der Waals surface area contributed by atoms with E-state index in [4.69, 9.17) is 23.7 Å². The van der Waals surface area contributed by atoms with E-state index in [1.165, 1.54) is 23.0 Å². The average molecular weight is 660 g/mol. The third kappa shape index (κ3) is 6.44. The maximum Gasteiger partial charge on any atom is 0.344 e. The number of halogens is 1. The monoisotopic (exact) mass is 658 g/mol. The minimum atomic E-state index is -0.864. The molecule has 0 radical (unpaired) electrons. The van der Waals surface area contributed by atoms with E-state index in [-0.39, 0.29) is 31.0 Å². The molecule has 12 heteroatoms. The van der Waals surface area contributed by atoms with Crippen molar-refractivity contribution < 1.29 is 33.3 Å². The Morgan fingerprint density at radius 1 is 1.02 bits per heavy atom. The number of hydrogen-bond acceptors (Lipinski definition) is 10. The average Bonchev–Trinajstić information content (AvgIpc) is 3.26. The van der Waals surface area contributed by atoms with Crippen LogP contribution in [0.2, 0.25) is 0 Å². The molecule has 0 aliphatic carbocycles. The van der Waals surface area contributed by atoms with Gasteiger partial charge in [-0.1, -0.05) is 45.5 Å². The summed E-state index contributed by atoms with van der Waals surface area (Å²) in [5.74, 6) is 0.305. The molecule has 1 aromatic heterocycles. The lowest BCUT2D eigenvalue weighted by atomic mass is 9.95. The summed E-state index contributed by atoms with van der Waals surface area (Å²) in [6.45, 7) is 7.58. The van der Waals surface area contributed by atoms with E-state index in [0.717, 1.165) is 0 Å². The molecule has 2 heterocycles. The van der Waals surface area contributed by atoms with Gasteiger partial charge < -0.3 is 23.7 Å². The summed E-state index contributed by atoms with van der Waals surface area (Å²) in [5, 5.41) is 0. The van der Waals surface area contributed by atoms with Gasteiger partial charge >= 0.3 is 11.9 Å². The van der Waals surface area contributed by atoms with Crippen molar-refractivity contribution in [3.05, 3.63) is 83.0 Å². The van der Waals surface area contributed by atoms with Crippen LogP contribution < -0.4 is 29.1 Å². The number of esters is 2. The molecular weight excluding hydrogens is 628 g/mol. The highest BCUT2D eigenvalue weighted by Crippen LogP contribution is 2.41. The van der Waals surface area contributed by atoms with Gasteiger partial charge in [-0.05, 0) is 57.5 Å². The second-order valence-electron chi connectivity index (χ2n) is 8.89. The molecule has 0 fully saturated rings. The summed E-state index contributed by atoms with van der Waals surface area (Å²) in [6.07, 6.45) is 1.68. The fourth-order valence-electron chi connectivity index (χ4n) is 4.49. The number of nitrogens with zero attached hydrogens (tertiary/aromatic N) is 2. The summed E-state index contributed by atoms with van der Waals surface area (Å²) in [6, 6.07) is 9.68. The molecule has 4 rings (SSSR count). The van der Waals surface area contributed by atoms with Crippen LogP contribution in [0.15, 0.2) is 61.9 Å². The number of thiazole rings is 1. The summed E-state index contributed by atoms with van der Waals surface area (Å²) in [4.78, 5) is 44.2. The van der Waals surface area contributed by atoms with E-state index in [0.29, 0.717) is 54.5 Å². The second kappa shape index (κ2) is 13.8. The standard InChI is InChI=1S/C30H31BrN2O8S/c1-6-38-23-15-20(31)19(14-22(23)37-5)27-26(29(36)40-8-3)17(4)32-30-33(27)28(35)24(42-30)13-18-11-9-10-12-21(18)41-16-25(34)39-7-2/h9-15,27H,6-8,16H2,1-5H3/b24-13+/t27-/m0/s1. The first-order chi connectivity index (χ1) is 20.2. The zero-order valence-corrected chi connectivity index (χ0v) is 26.3. The highest BCUT2D eigenvalue weighted by Gasteiger charge is 2.35. The van der Waals surface area contributed by atoms with Crippen molar-refractivity contribution in [2.45, 2.75) is 33.7 Å². The van der Waals surface area contributed by atoms with Crippen molar-refractivity contribution in [2.75, 3.05) is 33.5 Å². The number of para-hydroxylation sites is 1. The maximum atomic E-state index is 14.1. The second-order valence-corrected chi connectivity index (χ2v) is 10.8. The summed E-state index contributed by atoms with van der Waals surface area (Å²) < 4.78 is 29.8. The van der Waals surface area contributed by atoms with Crippen molar-refractivity contribution in [1.82, 2.24) is 4.57 Å².